The van der Waals surface area contributed by atoms with Gasteiger partial charge in [0.25, 0.3) is 0 Å². The molecule has 0 spiro atoms. The molecule has 2 amide bonds. The van der Waals surface area contributed by atoms with E-state index in [1.807, 2.05) is 24.3 Å². The number of hydrogen-bond acceptors (Lipinski definition) is 4. The average molecular weight is 463 g/mol. The van der Waals surface area contributed by atoms with E-state index in [9.17, 15) is 19.5 Å². The molecular weight excluding hydrogens is 432 g/mol. The summed E-state index contributed by atoms with van der Waals surface area (Å²) >= 11 is 0. The first-order valence-electron chi connectivity index (χ1n) is 12.2. The smallest absolute Gasteiger partial charge is 0.407 e. The molecule has 7 heteroatoms. The van der Waals surface area contributed by atoms with E-state index in [1.54, 1.807) is 0 Å². The monoisotopic (exact) mass is 462 g/mol. The highest BCUT2D eigenvalue weighted by molar-refractivity contribution is 5.86. The summed E-state index contributed by atoms with van der Waals surface area (Å²) in [4.78, 5) is 38.7. The molecule has 34 heavy (non-hydrogen) atoms. The van der Waals surface area contributed by atoms with E-state index in [1.165, 1.54) is 27.2 Å². The summed E-state index contributed by atoms with van der Waals surface area (Å²) in [6, 6.07) is 15.6. The highest BCUT2D eigenvalue weighted by Crippen LogP contribution is 2.44. The zero-order valence-electron chi connectivity index (χ0n) is 19.1. The van der Waals surface area contributed by atoms with E-state index >= 15 is 0 Å². The van der Waals surface area contributed by atoms with Gasteiger partial charge in [-0.25, -0.2) is 9.59 Å². The fraction of sp³-hybridized carbons (Fsp3) is 0.444. The Bertz CT molecular complexity index is 1050. The number of carbonyl (C=O) groups excluding carboxylic acids is 2. The van der Waals surface area contributed by atoms with Crippen molar-refractivity contribution in [2.24, 2.45) is 5.92 Å². The molecule has 0 radical (unpaired) electrons. The molecule has 2 aromatic rings. The highest BCUT2D eigenvalue weighted by Gasteiger charge is 2.39. The van der Waals surface area contributed by atoms with E-state index < -0.39 is 18.1 Å². The van der Waals surface area contributed by atoms with Crippen molar-refractivity contribution < 1.29 is 24.2 Å². The third kappa shape index (κ3) is 4.27. The summed E-state index contributed by atoms with van der Waals surface area (Å²) in [5.74, 6) is -1.28. The fourth-order valence-corrected chi connectivity index (χ4v) is 5.87. The number of benzene rings is 2. The van der Waals surface area contributed by atoms with E-state index in [0.29, 0.717) is 19.4 Å². The number of ether oxygens (including phenoxy) is 1. The molecular formula is C27H30N2O5. The summed E-state index contributed by atoms with van der Waals surface area (Å²) in [5, 5.41) is 12.4. The van der Waals surface area contributed by atoms with Crippen LogP contribution in [0.15, 0.2) is 48.5 Å². The van der Waals surface area contributed by atoms with Crippen molar-refractivity contribution in [3.05, 3.63) is 59.7 Å². The van der Waals surface area contributed by atoms with Gasteiger partial charge in [-0.15, -0.1) is 0 Å². The van der Waals surface area contributed by atoms with Crippen LogP contribution in [0.5, 0.6) is 0 Å². The molecule has 2 aromatic carbocycles. The van der Waals surface area contributed by atoms with Crippen LogP contribution >= 0.6 is 0 Å². The molecule has 3 atom stereocenters. The number of nitrogens with zero attached hydrogens (tertiary/aromatic N) is 1. The maximum atomic E-state index is 13.0. The van der Waals surface area contributed by atoms with Crippen LogP contribution < -0.4 is 5.32 Å². The molecule has 1 saturated heterocycles. The molecule has 2 N–H and O–H groups in total. The number of carbonyl (C=O) groups is 3. The van der Waals surface area contributed by atoms with Crippen LogP contribution in [0.4, 0.5) is 4.79 Å². The maximum absolute atomic E-state index is 13.0. The average Bonchev–Trinajstić information content (AvgIpc) is 3.46. The van der Waals surface area contributed by atoms with Gasteiger partial charge in [0.2, 0.25) is 5.91 Å². The van der Waals surface area contributed by atoms with Crippen molar-refractivity contribution >= 4 is 18.0 Å². The number of amides is 2. The lowest BCUT2D eigenvalue weighted by atomic mass is 9.84. The molecule has 0 aromatic heterocycles. The number of carboxylic acid groups (broad SMARTS) is 1. The zero-order chi connectivity index (χ0) is 23.7. The molecule has 0 unspecified atom stereocenters. The SMILES string of the molecule is O=C(N[C@H]1CCC[C@@H](C(=O)N2CCC[C@H]2C(=O)O)C1)OCC1c2ccccc2-c2ccccc21. The van der Waals surface area contributed by atoms with Gasteiger partial charge in [0, 0.05) is 24.4 Å². The summed E-state index contributed by atoms with van der Waals surface area (Å²) in [5.41, 5.74) is 4.70. The molecule has 2 fully saturated rings. The van der Waals surface area contributed by atoms with Crippen LogP contribution in [0, 0.1) is 5.92 Å². The Kier molecular flexibility index (Phi) is 6.26. The van der Waals surface area contributed by atoms with Crippen molar-refractivity contribution in [1.82, 2.24) is 10.2 Å². The van der Waals surface area contributed by atoms with Crippen molar-refractivity contribution in [1.29, 1.82) is 0 Å². The number of nitrogens with one attached hydrogen (secondary N) is 1. The summed E-state index contributed by atoms with van der Waals surface area (Å²) in [6.07, 6.45) is 3.61. The molecule has 1 aliphatic heterocycles. The number of fused-ring (bicyclic) bond motifs is 3. The van der Waals surface area contributed by atoms with Crippen LogP contribution in [0.2, 0.25) is 0 Å². The summed E-state index contributed by atoms with van der Waals surface area (Å²) < 4.78 is 5.66. The third-order valence-corrected chi connectivity index (χ3v) is 7.51. The molecule has 7 nitrogen and oxygen atoms in total. The number of likely N-dealkylation sites (tertiary alicyclic amines) is 1. The second-order valence-corrected chi connectivity index (χ2v) is 9.56. The van der Waals surface area contributed by atoms with Gasteiger partial charge in [0.1, 0.15) is 12.6 Å². The minimum absolute atomic E-state index is 0.00181. The minimum Gasteiger partial charge on any atom is -0.480 e. The predicted octanol–water partition coefficient (Wildman–Crippen LogP) is 4.16. The van der Waals surface area contributed by atoms with E-state index in [2.05, 4.69) is 29.6 Å². The fourth-order valence-electron chi connectivity index (χ4n) is 5.87. The minimum atomic E-state index is -0.935. The molecule has 5 rings (SSSR count). The Balaban J connectivity index is 1.18. The maximum Gasteiger partial charge on any atom is 0.407 e. The van der Waals surface area contributed by atoms with Gasteiger partial charge in [0.15, 0.2) is 0 Å². The first kappa shape index (κ1) is 22.4. The van der Waals surface area contributed by atoms with Gasteiger partial charge in [-0.2, -0.15) is 0 Å². The van der Waals surface area contributed by atoms with Crippen LogP contribution in [-0.4, -0.2) is 53.2 Å². The second kappa shape index (κ2) is 9.49. The normalized spacial score (nSPS) is 23.8. The zero-order valence-corrected chi connectivity index (χ0v) is 19.1. The van der Waals surface area contributed by atoms with E-state index in [-0.39, 0.29) is 30.4 Å². The Hall–Kier alpha value is -3.35. The van der Waals surface area contributed by atoms with Crippen LogP contribution in [-0.2, 0) is 14.3 Å². The van der Waals surface area contributed by atoms with Gasteiger partial charge in [-0.1, -0.05) is 55.0 Å². The van der Waals surface area contributed by atoms with E-state index in [4.69, 9.17) is 4.74 Å². The van der Waals surface area contributed by atoms with Crippen molar-refractivity contribution in [3.63, 3.8) is 0 Å². The van der Waals surface area contributed by atoms with Crippen molar-refractivity contribution in [3.8, 4) is 11.1 Å². The summed E-state index contributed by atoms with van der Waals surface area (Å²) in [6.45, 7) is 0.750. The number of alkyl carbamates (subject to hydrolysis) is 1. The topological polar surface area (TPSA) is 95.9 Å². The second-order valence-electron chi connectivity index (χ2n) is 9.56. The lowest BCUT2D eigenvalue weighted by Crippen LogP contribution is -2.47. The van der Waals surface area contributed by atoms with Crippen LogP contribution in [0.1, 0.15) is 55.6 Å². The lowest BCUT2D eigenvalue weighted by molar-refractivity contribution is -0.150. The lowest BCUT2D eigenvalue weighted by Gasteiger charge is -2.32. The first-order chi connectivity index (χ1) is 16.5. The van der Waals surface area contributed by atoms with Crippen molar-refractivity contribution in [2.75, 3.05) is 13.2 Å². The van der Waals surface area contributed by atoms with Gasteiger partial charge in [0.05, 0.1) is 0 Å². The Labute approximate surface area is 199 Å². The van der Waals surface area contributed by atoms with Crippen molar-refractivity contribution in [2.45, 2.75) is 56.5 Å². The molecule has 178 valence electrons. The first-order valence-corrected chi connectivity index (χ1v) is 12.2. The van der Waals surface area contributed by atoms with Crippen LogP contribution in [0.3, 0.4) is 0 Å². The standard InChI is InChI=1S/C27H30N2O5/c30-25(29-14-6-13-24(29)26(31)32)17-7-5-8-18(15-17)28-27(33)34-16-23-21-11-3-1-9-19(21)20-10-2-4-12-22(20)23/h1-4,9-12,17-18,23-24H,5-8,13-16H2,(H,28,33)(H,31,32)/t17-,18+,24+/m1/s1. The number of aliphatic carboxylic acids is 1. The highest BCUT2D eigenvalue weighted by atomic mass is 16.5. The van der Waals surface area contributed by atoms with Crippen LogP contribution in [0.25, 0.3) is 11.1 Å². The number of carboxylic acids is 1. The number of hydrogen-bond donors (Lipinski definition) is 2. The molecule has 1 saturated carbocycles. The Morgan fingerprint density at radius 1 is 0.941 bits per heavy atom. The quantitative estimate of drug-likeness (QED) is 0.696. The Morgan fingerprint density at radius 3 is 2.29 bits per heavy atom. The molecule has 1 heterocycles. The van der Waals surface area contributed by atoms with Gasteiger partial charge < -0.3 is 20.1 Å². The molecule has 0 bridgehead atoms. The predicted molar refractivity (Wildman–Crippen MR) is 126 cm³/mol. The third-order valence-electron chi connectivity index (χ3n) is 7.51. The number of rotatable bonds is 5. The summed E-state index contributed by atoms with van der Waals surface area (Å²) in [7, 11) is 0. The van der Waals surface area contributed by atoms with Gasteiger partial charge >= 0.3 is 12.1 Å². The molecule has 3 aliphatic rings. The molecule has 2 aliphatic carbocycles. The van der Waals surface area contributed by atoms with Gasteiger partial charge in [-0.05, 0) is 54.4 Å². The van der Waals surface area contributed by atoms with Gasteiger partial charge in [-0.3, -0.25) is 4.79 Å². The largest absolute Gasteiger partial charge is 0.480 e. The Morgan fingerprint density at radius 2 is 1.62 bits per heavy atom. The van der Waals surface area contributed by atoms with E-state index in [0.717, 1.165) is 25.7 Å².